The van der Waals surface area contributed by atoms with E-state index in [1.54, 1.807) is 26.1 Å². The summed E-state index contributed by atoms with van der Waals surface area (Å²) in [5.74, 6) is 0.269. The molecule has 2 atom stereocenters. The van der Waals surface area contributed by atoms with Crippen molar-refractivity contribution >= 4 is 23.3 Å². The summed E-state index contributed by atoms with van der Waals surface area (Å²) in [6.07, 6.45) is -0.217. The monoisotopic (exact) mass is 340 g/mol. The van der Waals surface area contributed by atoms with Gasteiger partial charge in [0.1, 0.15) is 11.5 Å². The lowest BCUT2D eigenvalue weighted by Crippen LogP contribution is -2.39. The second kappa shape index (κ2) is 7.31. The second-order valence-electron chi connectivity index (χ2n) is 5.83. The summed E-state index contributed by atoms with van der Waals surface area (Å²) < 4.78 is 5.77. The van der Waals surface area contributed by atoms with Crippen molar-refractivity contribution in [3.8, 4) is 5.88 Å². The minimum atomic E-state index is -0.662. The molecule has 130 valence electrons. The minimum absolute atomic E-state index is 0.198. The molecule has 1 aliphatic heterocycles. The molecule has 0 fully saturated rings. The molecule has 25 heavy (non-hydrogen) atoms. The number of benzene rings is 1. The third-order valence-corrected chi connectivity index (χ3v) is 4.01. The highest BCUT2D eigenvalue weighted by molar-refractivity contribution is 5.98. The third kappa shape index (κ3) is 3.95. The molecular weight excluding hydrogens is 320 g/mol. The number of likely N-dealkylation sites (N-methyl/N-ethyl adjacent to an activating group) is 1. The van der Waals surface area contributed by atoms with Crippen LogP contribution in [0.25, 0.3) is 0 Å². The van der Waals surface area contributed by atoms with Crippen molar-refractivity contribution in [3.63, 3.8) is 0 Å². The van der Waals surface area contributed by atoms with E-state index in [0.29, 0.717) is 23.8 Å². The van der Waals surface area contributed by atoms with Crippen LogP contribution in [0.15, 0.2) is 42.5 Å². The number of amides is 2. The molecule has 0 radical (unpaired) electrons. The molecule has 2 amide bonds. The van der Waals surface area contributed by atoms with Crippen LogP contribution in [0.2, 0.25) is 0 Å². The lowest BCUT2D eigenvalue weighted by Gasteiger charge is -2.25. The number of hydrogen-bond donors (Lipinski definition) is 3. The Balaban J connectivity index is 1.75. The standard InChI is InChI=1S/C18H20N4O3/c1-11(19-2)16(23)21-15-9-8-13-18(22-15)25-14(17(24)20-13)10-12-6-4-3-5-7-12/h3-9,11,14,19H,10H2,1-2H3,(H,20,24)(H,21,22,23). The maximum Gasteiger partial charge on any atom is 0.266 e. The van der Waals surface area contributed by atoms with Crippen molar-refractivity contribution < 1.29 is 14.3 Å². The molecule has 0 saturated carbocycles. The Morgan fingerprint density at radius 3 is 2.76 bits per heavy atom. The quantitative estimate of drug-likeness (QED) is 0.768. The summed E-state index contributed by atoms with van der Waals surface area (Å²) in [6, 6.07) is 12.6. The average molecular weight is 340 g/mol. The van der Waals surface area contributed by atoms with Crippen molar-refractivity contribution in [1.82, 2.24) is 10.3 Å². The van der Waals surface area contributed by atoms with Crippen molar-refractivity contribution in [1.29, 1.82) is 0 Å². The Morgan fingerprint density at radius 1 is 1.28 bits per heavy atom. The minimum Gasteiger partial charge on any atom is -0.462 e. The molecule has 0 saturated heterocycles. The van der Waals surface area contributed by atoms with Gasteiger partial charge in [-0.3, -0.25) is 9.59 Å². The van der Waals surface area contributed by atoms with Gasteiger partial charge < -0.3 is 20.7 Å². The molecule has 1 aromatic heterocycles. The highest BCUT2D eigenvalue weighted by atomic mass is 16.5. The fraction of sp³-hybridized carbons (Fsp3) is 0.278. The number of hydrogen-bond acceptors (Lipinski definition) is 5. The highest BCUT2D eigenvalue weighted by Gasteiger charge is 2.29. The number of carbonyl (C=O) groups excluding carboxylic acids is 2. The first kappa shape index (κ1) is 16.9. The van der Waals surface area contributed by atoms with E-state index < -0.39 is 6.10 Å². The Labute approximate surface area is 145 Å². The van der Waals surface area contributed by atoms with Crippen LogP contribution >= 0.6 is 0 Å². The van der Waals surface area contributed by atoms with Gasteiger partial charge in [0.2, 0.25) is 11.8 Å². The van der Waals surface area contributed by atoms with Gasteiger partial charge in [-0.25, -0.2) is 0 Å². The molecule has 3 rings (SSSR count). The van der Waals surface area contributed by atoms with Gasteiger partial charge in [-0.1, -0.05) is 30.3 Å². The van der Waals surface area contributed by atoms with Gasteiger partial charge in [-0.15, -0.1) is 0 Å². The zero-order chi connectivity index (χ0) is 17.8. The second-order valence-corrected chi connectivity index (χ2v) is 5.83. The average Bonchev–Trinajstić information content (AvgIpc) is 2.62. The van der Waals surface area contributed by atoms with Crippen LogP contribution in [-0.4, -0.2) is 36.0 Å². The van der Waals surface area contributed by atoms with Gasteiger partial charge in [0, 0.05) is 6.42 Å². The van der Waals surface area contributed by atoms with Gasteiger partial charge >= 0.3 is 0 Å². The summed E-state index contributed by atoms with van der Waals surface area (Å²) in [7, 11) is 1.71. The lowest BCUT2D eigenvalue weighted by atomic mass is 10.1. The first-order valence-electron chi connectivity index (χ1n) is 8.07. The van der Waals surface area contributed by atoms with E-state index in [4.69, 9.17) is 4.74 Å². The van der Waals surface area contributed by atoms with Crippen LogP contribution in [0.5, 0.6) is 5.88 Å². The van der Waals surface area contributed by atoms with Crippen LogP contribution in [-0.2, 0) is 16.0 Å². The van der Waals surface area contributed by atoms with Gasteiger partial charge in [0.25, 0.3) is 5.91 Å². The smallest absolute Gasteiger partial charge is 0.266 e. The fourth-order valence-electron chi connectivity index (χ4n) is 2.42. The van der Waals surface area contributed by atoms with Crippen molar-refractivity contribution in [2.75, 3.05) is 17.7 Å². The summed E-state index contributed by atoms with van der Waals surface area (Å²) in [5.41, 5.74) is 1.49. The maximum absolute atomic E-state index is 12.2. The molecule has 0 bridgehead atoms. The van der Waals surface area contributed by atoms with Gasteiger partial charge in [-0.2, -0.15) is 4.98 Å². The topological polar surface area (TPSA) is 92.3 Å². The van der Waals surface area contributed by atoms with Gasteiger partial charge in [0.15, 0.2) is 6.10 Å². The predicted molar refractivity (Wildman–Crippen MR) is 94.6 cm³/mol. The molecule has 1 aromatic carbocycles. The Hall–Kier alpha value is -2.93. The number of rotatable bonds is 5. The molecule has 2 unspecified atom stereocenters. The summed E-state index contributed by atoms with van der Waals surface area (Å²) >= 11 is 0. The largest absolute Gasteiger partial charge is 0.462 e. The van der Waals surface area contributed by atoms with E-state index in [1.807, 2.05) is 30.3 Å². The number of nitrogens with zero attached hydrogens (tertiary/aromatic N) is 1. The summed E-state index contributed by atoms with van der Waals surface area (Å²) in [5, 5.41) is 8.37. The third-order valence-electron chi connectivity index (χ3n) is 4.01. The molecule has 2 aromatic rings. The van der Waals surface area contributed by atoms with Gasteiger partial charge in [-0.05, 0) is 31.7 Å². The molecule has 3 N–H and O–H groups in total. The van der Waals surface area contributed by atoms with Crippen molar-refractivity contribution in [2.45, 2.75) is 25.5 Å². The first-order valence-corrected chi connectivity index (χ1v) is 8.07. The van der Waals surface area contributed by atoms with E-state index >= 15 is 0 Å². The number of aromatic nitrogens is 1. The number of nitrogens with one attached hydrogen (secondary N) is 3. The van der Waals surface area contributed by atoms with Crippen molar-refractivity contribution in [2.24, 2.45) is 0 Å². The molecule has 1 aliphatic rings. The van der Waals surface area contributed by atoms with E-state index in [9.17, 15) is 9.59 Å². The molecular formula is C18H20N4O3. The fourth-order valence-corrected chi connectivity index (χ4v) is 2.42. The summed E-state index contributed by atoms with van der Waals surface area (Å²) in [6.45, 7) is 1.75. The van der Waals surface area contributed by atoms with E-state index in [1.165, 1.54) is 0 Å². The first-order chi connectivity index (χ1) is 12.1. The zero-order valence-electron chi connectivity index (χ0n) is 14.1. The number of fused-ring (bicyclic) bond motifs is 1. The molecule has 7 nitrogen and oxygen atoms in total. The molecule has 0 aliphatic carbocycles. The van der Waals surface area contributed by atoms with E-state index in [-0.39, 0.29) is 17.9 Å². The Morgan fingerprint density at radius 2 is 2.04 bits per heavy atom. The van der Waals surface area contributed by atoms with Crippen LogP contribution in [0.1, 0.15) is 12.5 Å². The SMILES string of the molecule is CNC(C)C(=O)Nc1ccc2c(n1)OC(Cc1ccccc1)C(=O)N2. The summed E-state index contributed by atoms with van der Waals surface area (Å²) in [4.78, 5) is 28.5. The number of ether oxygens (including phenoxy) is 1. The molecule has 7 heteroatoms. The van der Waals surface area contributed by atoms with Crippen molar-refractivity contribution in [3.05, 3.63) is 48.0 Å². The normalized spacial score (nSPS) is 17.0. The molecule has 2 heterocycles. The Kier molecular flexibility index (Phi) is 4.95. The maximum atomic E-state index is 12.2. The zero-order valence-corrected chi connectivity index (χ0v) is 14.1. The Bertz CT molecular complexity index is 779. The lowest BCUT2D eigenvalue weighted by molar-refractivity contribution is -0.123. The van der Waals surface area contributed by atoms with E-state index in [2.05, 4.69) is 20.9 Å². The number of carbonyl (C=O) groups is 2. The number of pyridine rings is 1. The predicted octanol–water partition coefficient (Wildman–Crippen LogP) is 1.57. The number of anilines is 2. The van der Waals surface area contributed by atoms with Crippen LogP contribution in [0, 0.1) is 0 Å². The molecule has 0 spiro atoms. The van der Waals surface area contributed by atoms with Crippen LogP contribution < -0.4 is 20.7 Å². The highest BCUT2D eigenvalue weighted by Crippen LogP contribution is 2.29. The van der Waals surface area contributed by atoms with Crippen LogP contribution in [0.3, 0.4) is 0 Å². The van der Waals surface area contributed by atoms with Gasteiger partial charge in [0.05, 0.1) is 6.04 Å². The van der Waals surface area contributed by atoms with Crippen LogP contribution in [0.4, 0.5) is 11.5 Å². The van der Waals surface area contributed by atoms with E-state index in [0.717, 1.165) is 5.56 Å².